The molecule has 146 valence electrons. The number of ether oxygens (including phenoxy) is 2. The van der Waals surface area contributed by atoms with E-state index < -0.39 is 23.1 Å². The molecule has 27 heavy (non-hydrogen) atoms. The minimum absolute atomic E-state index is 0.0544. The number of dihydropyridines is 1. The van der Waals surface area contributed by atoms with Crippen molar-refractivity contribution in [1.82, 2.24) is 5.32 Å². The number of carbonyl (C=O) groups excluding carboxylic acids is 2. The van der Waals surface area contributed by atoms with Gasteiger partial charge in [-0.15, -0.1) is 0 Å². The van der Waals surface area contributed by atoms with E-state index in [-0.39, 0.29) is 23.4 Å². The smallest absolute Gasteiger partial charge is 0.336 e. The standard InChI is InChI=1S/C18H21BrN2O6/c1-10-14(17(22)26-3)16(12-5-4-6-13(9-12)21(24)25)15(11(2)20-10)18(23)27-8-7-19/h4-6,9,16,20-21,24H,7-8H2,1-3H3. The topological polar surface area (TPSA) is 112 Å². The van der Waals surface area contributed by atoms with Gasteiger partial charge >= 0.3 is 11.9 Å². The molecule has 2 unspecified atom stereocenters. The van der Waals surface area contributed by atoms with Gasteiger partial charge in [0.25, 0.3) is 0 Å². The van der Waals surface area contributed by atoms with Gasteiger partial charge in [-0.1, -0.05) is 28.1 Å². The average Bonchev–Trinajstić information content (AvgIpc) is 2.64. The molecule has 0 amide bonds. The van der Waals surface area contributed by atoms with E-state index in [4.69, 9.17) is 9.47 Å². The molecule has 3 N–H and O–H groups in total. The van der Waals surface area contributed by atoms with Crippen molar-refractivity contribution in [3.8, 4) is 0 Å². The summed E-state index contributed by atoms with van der Waals surface area (Å²) in [5, 5.41) is 23.1. The first-order chi connectivity index (χ1) is 12.8. The molecule has 9 heteroatoms. The number of nitrogens with one attached hydrogen (secondary N) is 2. The summed E-state index contributed by atoms with van der Waals surface area (Å²) in [5.74, 6) is -2.00. The Labute approximate surface area is 165 Å². The highest BCUT2D eigenvalue weighted by molar-refractivity contribution is 9.09. The van der Waals surface area contributed by atoms with Crippen LogP contribution >= 0.6 is 15.9 Å². The first-order valence-electron chi connectivity index (χ1n) is 8.15. The number of carbonyl (C=O) groups is 2. The van der Waals surface area contributed by atoms with Crippen molar-refractivity contribution in [1.29, 1.82) is 0 Å². The lowest BCUT2D eigenvalue weighted by atomic mass is 9.80. The van der Waals surface area contributed by atoms with E-state index in [1.807, 2.05) is 0 Å². The molecule has 0 spiro atoms. The van der Waals surface area contributed by atoms with Crippen molar-refractivity contribution in [3.05, 3.63) is 57.6 Å². The van der Waals surface area contributed by atoms with Gasteiger partial charge in [-0.05, 0) is 19.4 Å². The Morgan fingerprint density at radius 1 is 1.26 bits per heavy atom. The fourth-order valence-electron chi connectivity index (χ4n) is 3.04. The maximum absolute atomic E-state index is 12.7. The number of hydrogen-bond acceptors (Lipinski definition) is 7. The molecule has 1 aliphatic heterocycles. The van der Waals surface area contributed by atoms with Crippen LogP contribution in [0.1, 0.15) is 25.3 Å². The molecule has 1 heterocycles. The van der Waals surface area contributed by atoms with E-state index in [9.17, 15) is 20.0 Å². The molecule has 0 saturated carbocycles. The number of methoxy groups -OCH3 is 1. The predicted octanol–water partition coefficient (Wildman–Crippen LogP) is 1.44. The number of allylic oxidation sites excluding steroid dienone is 2. The normalized spacial score (nSPS) is 18.1. The van der Waals surface area contributed by atoms with Gasteiger partial charge in [-0.2, -0.15) is 5.23 Å². The van der Waals surface area contributed by atoms with Crippen LogP contribution in [0.2, 0.25) is 0 Å². The van der Waals surface area contributed by atoms with Gasteiger partial charge in [0.05, 0.1) is 24.2 Å². The molecule has 0 fully saturated rings. The summed E-state index contributed by atoms with van der Waals surface area (Å²) in [6.07, 6.45) is 0. The zero-order valence-corrected chi connectivity index (χ0v) is 16.8. The second-order valence-corrected chi connectivity index (χ2v) is 6.68. The predicted molar refractivity (Wildman–Crippen MR) is 100 cm³/mol. The summed E-state index contributed by atoms with van der Waals surface area (Å²) in [6.45, 7) is 3.56. The number of benzene rings is 1. The average molecular weight is 441 g/mol. The van der Waals surface area contributed by atoms with Crippen molar-refractivity contribution < 1.29 is 29.5 Å². The lowest BCUT2D eigenvalue weighted by Crippen LogP contribution is -2.99. The Morgan fingerprint density at radius 2 is 1.89 bits per heavy atom. The highest BCUT2D eigenvalue weighted by Crippen LogP contribution is 2.39. The van der Waals surface area contributed by atoms with Gasteiger partial charge in [0.15, 0.2) is 5.69 Å². The van der Waals surface area contributed by atoms with Gasteiger partial charge < -0.3 is 20.0 Å². The number of rotatable bonds is 6. The first-order valence-corrected chi connectivity index (χ1v) is 9.27. The van der Waals surface area contributed by atoms with E-state index in [1.165, 1.54) is 19.2 Å². The van der Waals surface area contributed by atoms with Gasteiger partial charge in [-0.25, -0.2) is 14.8 Å². The molecule has 2 rings (SSSR count). The van der Waals surface area contributed by atoms with Crippen LogP contribution in [0.4, 0.5) is 5.69 Å². The molecule has 1 aromatic rings. The van der Waals surface area contributed by atoms with Crippen LogP contribution in [0.15, 0.2) is 46.8 Å². The van der Waals surface area contributed by atoms with Crippen LogP contribution in [0.5, 0.6) is 0 Å². The molecule has 1 aromatic carbocycles. The summed E-state index contributed by atoms with van der Waals surface area (Å²) < 4.78 is 10.2. The molecule has 0 radical (unpaired) electrons. The SMILES string of the molecule is COC(=O)C1=C(C)NC(C)=C(C(=O)OCCBr)C1c1cccc([NH+]([O-])O)c1. The third-order valence-corrected chi connectivity index (χ3v) is 4.49. The molecule has 2 atom stereocenters. The summed E-state index contributed by atoms with van der Waals surface area (Å²) >= 11 is 3.20. The molecule has 0 saturated heterocycles. The lowest BCUT2D eigenvalue weighted by Gasteiger charge is -2.30. The number of hydrogen-bond donors (Lipinski definition) is 3. The molecule has 0 aliphatic carbocycles. The fraction of sp³-hybridized carbons (Fsp3) is 0.333. The van der Waals surface area contributed by atoms with Gasteiger partial charge in [0.2, 0.25) is 0 Å². The summed E-state index contributed by atoms with van der Waals surface area (Å²) in [4.78, 5) is 25.2. The van der Waals surface area contributed by atoms with E-state index >= 15 is 0 Å². The van der Waals surface area contributed by atoms with Crippen molar-refractivity contribution in [2.24, 2.45) is 0 Å². The first kappa shape index (κ1) is 21.1. The highest BCUT2D eigenvalue weighted by atomic mass is 79.9. The quantitative estimate of drug-likeness (QED) is 0.348. The lowest BCUT2D eigenvalue weighted by molar-refractivity contribution is -0.991. The minimum Gasteiger partial charge on any atom is -0.595 e. The zero-order chi connectivity index (χ0) is 20.1. The third-order valence-electron chi connectivity index (χ3n) is 4.16. The van der Waals surface area contributed by atoms with Crippen molar-refractivity contribution >= 4 is 33.6 Å². The molecular weight excluding hydrogens is 420 g/mol. The van der Waals surface area contributed by atoms with Gasteiger partial charge in [0.1, 0.15) is 6.61 Å². The van der Waals surface area contributed by atoms with Gasteiger partial charge in [-0.3, -0.25) is 0 Å². The van der Waals surface area contributed by atoms with Crippen molar-refractivity contribution in [3.63, 3.8) is 0 Å². The van der Waals surface area contributed by atoms with Crippen LogP contribution in [0, 0.1) is 5.21 Å². The number of halogens is 1. The summed E-state index contributed by atoms with van der Waals surface area (Å²) in [5.41, 5.74) is 2.08. The summed E-state index contributed by atoms with van der Waals surface area (Å²) in [7, 11) is 1.25. The number of alkyl halides is 1. The zero-order valence-electron chi connectivity index (χ0n) is 15.2. The van der Waals surface area contributed by atoms with Crippen molar-refractivity contribution in [2.75, 3.05) is 19.0 Å². The Bertz CT molecular complexity index is 803. The van der Waals surface area contributed by atoms with Crippen molar-refractivity contribution in [2.45, 2.75) is 19.8 Å². The minimum atomic E-state index is -1.10. The molecule has 1 aliphatic rings. The van der Waals surface area contributed by atoms with Crippen LogP contribution in [-0.2, 0) is 19.1 Å². The molecule has 8 nitrogen and oxygen atoms in total. The Hall–Kier alpha value is -2.20. The van der Waals surface area contributed by atoms with E-state index in [2.05, 4.69) is 21.2 Å². The monoisotopic (exact) mass is 440 g/mol. The van der Waals surface area contributed by atoms with Crippen LogP contribution in [-0.4, -0.2) is 36.2 Å². The Morgan fingerprint density at radius 3 is 2.44 bits per heavy atom. The van der Waals surface area contributed by atoms with E-state index in [1.54, 1.807) is 26.0 Å². The second-order valence-electron chi connectivity index (χ2n) is 5.88. The third kappa shape index (κ3) is 4.56. The van der Waals surface area contributed by atoms with Gasteiger partial charge in [0, 0.05) is 28.9 Å². The second kappa shape index (κ2) is 9.14. The Kier molecular flexibility index (Phi) is 7.14. The molecule has 0 bridgehead atoms. The molecular formula is C18H21BrN2O6. The fourth-order valence-corrected chi connectivity index (χ4v) is 3.20. The number of esters is 2. The van der Waals surface area contributed by atoms with Crippen LogP contribution in [0.3, 0.4) is 0 Å². The molecule has 0 aromatic heterocycles. The maximum Gasteiger partial charge on any atom is 0.336 e. The Balaban J connectivity index is 2.64. The maximum atomic E-state index is 12.7. The van der Waals surface area contributed by atoms with E-state index in [0.717, 1.165) is 0 Å². The van der Waals surface area contributed by atoms with Crippen LogP contribution < -0.4 is 10.5 Å². The number of quaternary nitrogens is 1. The van der Waals surface area contributed by atoms with E-state index in [0.29, 0.717) is 22.3 Å². The largest absolute Gasteiger partial charge is 0.595 e. The highest BCUT2D eigenvalue weighted by Gasteiger charge is 2.38. The summed E-state index contributed by atoms with van der Waals surface area (Å²) in [6, 6.07) is 6.13. The van der Waals surface area contributed by atoms with Crippen LogP contribution in [0.25, 0.3) is 0 Å².